The molecule has 35 heavy (non-hydrogen) atoms. The maximum absolute atomic E-state index is 13.3. The van der Waals surface area contributed by atoms with Gasteiger partial charge >= 0.3 is 6.03 Å². The van der Waals surface area contributed by atoms with Gasteiger partial charge in [0.1, 0.15) is 0 Å². The summed E-state index contributed by atoms with van der Waals surface area (Å²) in [6.45, 7) is 3.54. The van der Waals surface area contributed by atoms with Crippen LogP contribution in [-0.2, 0) is 6.54 Å². The first-order valence-corrected chi connectivity index (χ1v) is 11.6. The number of carbonyl (C=O) groups excluding carboxylic acids is 2. The zero-order chi connectivity index (χ0) is 24.8. The minimum absolute atomic E-state index is 0.0666. The quantitative estimate of drug-likeness (QED) is 0.533. The molecule has 4 rings (SSSR count). The Morgan fingerprint density at radius 3 is 2.43 bits per heavy atom. The van der Waals surface area contributed by atoms with E-state index in [4.69, 9.17) is 11.0 Å². The van der Waals surface area contributed by atoms with Crippen molar-refractivity contribution in [1.82, 2.24) is 15.3 Å². The fourth-order valence-corrected chi connectivity index (χ4v) is 4.36. The number of amides is 3. The van der Waals surface area contributed by atoms with E-state index in [-0.39, 0.29) is 5.91 Å². The molecule has 0 unspecified atom stereocenters. The number of carbonyl (C=O) groups is 2. The molecule has 0 radical (unpaired) electrons. The summed E-state index contributed by atoms with van der Waals surface area (Å²) in [6, 6.07) is 18.2. The Balaban J connectivity index is 1.44. The van der Waals surface area contributed by atoms with Crippen LogP contribution >= 0.6 is 0 Å². The normalized spacial score (nSPS) is 13.8. The summed E-state index contributed by atoms with van der Waals surface area (Å²) in [5.74, 6) is 0.297. The Bertz CT molecular complexity index is 1230. The van der Waals surface area contributed by atoms with Gasteiger partial charge in [0.15, 0.2) is 0 Å². The maximum atomic E-state index is 13.3. The standard InChI is InChI=1S/C27H28N6O2/c1-19-2-5-24(16-25(19)33(27(29)35)31-18-21-8-12-30-13-9-21)26(34)32-14-10-23(11-15-32)22-6-3-20(17-28)4-7-22/h2-9,12-13,16,23,31H,10-11,14-15,18H2,1H3,(H2,29,35). The van der Waals surface area contributed by atoms with Crippen LogP contribution in [0.5, 0.6) is 0 Å². The van der Waals surface area contributed by atoms with Gasteiger partial charge in [0.25, 0.3) is 5.91 Å². The van der Waals surface area contributed by atoms with Crippen LogP contribution < -0.4 is 16.2 Å². The minimum atomic E-state index is -0.657. The van der Waals surface area contributed by atoms with E-state index in [1.807, 2.05) is 54.3 Å². The second-order valence-corrected chi connectivity index (χ2v) is 8.67. The highest BCUT2D eigenvalue weighted by Gasteiger charge is 2.26. The zero-order valence-electron chi connectivity index (χ0n) is 19.6. The number of hydrogen-bond donors (Lipinski definition) is 2. The molecule has 1 aliphatic heterocycles. The summed E-state index contributed by atoms with van der Waals surface area (Å²) in [7, 11) is 0. The first-order valence-electron chi connectivity index (χ1n) is 11.6. The number of nitrogens with two attached hydrogens (primary N) is 1. The van der Waals surface area contributed by atoms with Crippen molar-refractivity contribution in [2.75, 3.05) is 18.1 Å². The molecule has 0 spiro atoms. The molecule has 0 aliphatic carbocycles. The van der Waals surface area contributed by atoms with Crippen LogP contribution in [-0.4, -0.2) is 34.9 Å². The molecule has 1 aliphatic rings. The number of primary amides is 1. The maximum Gasteiger partial charge on any atom is 0.333 e. The largest absolute Gasteiger partial charge is 0.350 e. The smallest absolute Gasteiger partial charge is 0.333 e. The lowest BCUT2D eigenvalue weighted by Gasteiger charge is -2.32. The number of nitrogens with zero attached hydrogens (tertiary/aromatic N) is 4. The molecule has 3 amide bonds. The first-order chi connectivity index (χ1) is 17.0. The monoisotopic (exact) mass is 468 g/mol. The molecule has 8 heteroatoms. The Hall–Kier alpha value is -4.22. The Kier molecular flexibility index (Phi) is 7.38. The Morgan fingerprint density at radius 2 is 1.80 bits per heavy atom. The van der Waals surface area contributed by atoms with E-state index in [9.17, 15) is 9.59 Å². The van der Waals surface area contributed by atoms with Crippen LogP contribution in [0.4, 0.5) is 10.5 Å². The van der Waals surface area contributed by atoms with Crippen LogP contribution in [0.15, 0.2) is 67.0 Å². The van der Waals surface area contributed by atoms with Crippen molar-refractivity contribution in [3.05, 3.63) is 94.8 Å². The number of nitriles is 1. The number of hydrogen-bond acceptors (Lipinski definition) is 5. The number of aryl methyl sites for hydroxylation is 1. The second kappa shape index (κ2) is 10.8. The van der Waals surface area contributed by atoms with Gasteiger partial charge in [0.2, 0.25) is 0 Å². The van der Waals surface area contributed by atoms with Crippen LogP contribution in [0.1, 0.15) is 51.4 Å². The van der Waals surface area contributed by atoms with E-state index in [1.54, 1.807) is 24.5 Å². The topological polar surface area (TPSA) is 115 Å². The zero-order valence-corrected chi connectivity index (χ0v) is 19.6. The molecule has 8 nitrogen and oxygen atoms in total. The summed E-state index contributed by atoms with van der Waals surface area (Å²) in [5, 5.41) is 10.3. The van der Waals surface area contributed by atoms with E-state index in [1.165, 1.54) is 10.6 Å². The Morgan fingerprint density at radius 1 is 1.11 bits per heavy atom. The number of piperidine rings is 1. The molecule has 0 bridgehead atoms. The van der Waals surface area contributed by atoms with Crippen molar-refractivity contribution in [2.24, 2.45) is 5.73 Å². The van der Waals surface area contributed by atoms with Gasteiger partial charge in [-0.2, -0.15) is 5.26 Å². The first kappa shape index (κ1) is 23.9. The third-order valence-corrected chi connectivity index (χ3v) is 6.40. The lowest BCUT2D eigenvalue weighted by molar-refractivity contribution is 0.0713. The van der Waals surface area contributed by atoms with Gasteiger partial charge in [0.05, 0.1) is 17.3 Å². The average Bonchev–Trinajstić information content (AvgIpc) is 2.90. The molecule has 1 saturated heterocycles. The highest BCUT2D eigenvalue weighted by Crippen LogP contribution is 2.29. The van der Waals surface area contributed by atoms with E-state index in [2.05, 4.69) is 16.5 Å². The number of anilines is 1. The van der Waals surface area contributed by atoms with Crippen LogP contribution in [0.25, 0.3) is 0 Å². The average molecular weight is 469 g/mol. The molecule has 2 aromatic carbocycles. The van der Waals surface area contributed by atoms with Gasteiger partial charge in [-0.3, -0.25) is 9.78 Å². The lowest BCUT2D eigenvalue weighted by Crippen LogP contribution is -2.46. The van der Waals surface area contributed by atoms with Gasteiger partial charge in [-0.15, -0.1) is 0 Å². The van der Waals surface area contributed by atoms with Gasteiger partial charge in [-0.1, -0.05) is 18.2 Å². The number of pyridine rings is 1. The molecule has 178 valence electrons. The summed E-state index contributed by atoms with van der Waals surface area (Å²) < 4.78 is 0. The number of urea groups is 1. The number of likely N-dealkylation sites (tertiary alicyclic amines) is 1. The molecular weight excluding hydrogens is 440 g/mol. The van der Waals surface area contributed by atoms with E-state index < -0.39 is 6.03 Å². The summed E-state index contributed by atoms with van der Waals surface area (Å²) in [6.07, 6.45) is 5.08. The molecule has 1 aromatic heterocycles. The van der Waals surface area contributed by atoms with Crippen molar-refractivity contribution in [1.29, 1.82) is 5.26 Å². The van der Waals surface area contributed by atoms with Gasteiger partial charge in [-0.25, -0.2) is 15.2 Å². The lowest BCUT2D eigenvalue weighted by atomic mass is 9.89. The molecule has 3 aromatic rings. The summed E-state index contributed by atoms with van der Waals surface area (Å²) in [5.41, 5.74) is 13.4. The van der Waals surface area contributed by atoms with Crippen molar-refractivity contribution in [3.8, 4) is 6.07 Å². The van der Waals surface area contributed by atoms with Gasteiger partial charge in [0, 0.05) is 37.6 Å². The molecule has 1 fully saturated rings. The SMILES string of the molecule is Cc1ccc(C(=O)N2CCC(c3ccc(C#N)cc3)CC2)cc1N(NCc1ccncc1)C(N)=O. The fraction of sp³-hybridized carbons (Fsp3) is 0.259. The van der Waals surface area contributed by atoms with E-state index in [0.29, 0.717) is 42.4 Å². The predicted octanol–water partition coefficient (Wildman–Crippen LogP) is 3.87. The molecule has 3 N–H and O–H groups in total. The predicted molar refractivity (Wildman–Crippen MR) is 133 cm³/mol. The molecule has 2 heterocycles. The highest BCUT2D eigenvalue weighted by atomic mass is 16.2. The number of rotatable bonds is 6. The fourth-order valence-electron chi connectivity index (χ4n) is 4.36. The van der Waals surface area contributed by atoms with E-state index >= 15 is 0 Å². The summed E-state index contributed by atoms with van der Waals surface area (Å²) >= 11 is 0. The van der Waals surface area contributed by atoms with Gasteiger partial charge < -0.3 is 10.6 Å². The second-order valence-electron chi connectivity index (χ2n) is 8.67. The van der Waals surface area contributed by atoms with E-state index in [0.717, 1.165) is 24.0 Å². The van der Waals surface area contributed by atoms with Crippen molar-refractivity contribution < 1.29 is 9.59 Å². The molecule has 0 atom stereocenters. The van der Waals surface area contributed by atoms with Crippen molar-refractivity contribution in [3.63, 3.8) is 0 Å². The van der Waals surface area contributed by atoms with Crippen LogP contribution in [0.3, 0.4) is 0 Å². The molecule has 0 saturated carbocycles. The number of aromatic nitrogens is 1. The van der Waals surface area contributed by atoms with Crippen LogP contribution in [0.2, 0.25) is 0 Å². The van der Waals surface area contributed by atoms with Crippen molar-refractivity contribution in [2.45, 2.75) is 32.2 Å². The summed E-state index contributed by atoms with van der Waals surface area (Å²) in [4.78, 5) is 31.4. The Labute approximate surface area is 205 Å². The number of hydrazine groups is 1. The van der Waals surface area contributed by atoms with Crippen LogP contribution in [0, 0.1) is 18.3 Å². The third-order valence-electron chi connectivity index (χ3n) is 6.40. The number of nitrogens with one attached hydrogen (secondary N) is 1. The number of benzene rings is 2. The minimum Gasteiger partial charge on any atom is -0.350 e. The highest BCUT2D eigenvalue weighted by molar-refractivity contribution is 5.97. The van der Waals surface area contributed by atoms with Crippen molar-refractivity contribution >= 4 is 17.6 Å². The molecular formula is C27H28N6O2. The van der Waals surface area contributed by atoms with Gasteiger partial charge in [-0.05, 0) is 78.8 Å². The third kappa shape index (κ3) is 5.65.